The number of rotatable bonds is 6. The van der Waals surface area contributed by atoms with Crippen LogP contribution in [0.4, 0.5) is 0 Å². The van der Waals surface area contributed by atoms with Crippen molar-refractivity contribution >= 4 is 11.9 Å². The second kappa shape index (κ2) is 11.6. The second-order valence-corrected chi connectivity index (χ2v) is 4.66. The average molecular weight is 421 g/mol. The summed E-state index contributed by atoms with van der Waals surface area (Å²) in [4.78, 5) is 21.2. The SMILES string of the molecule is COc1cccc(C(=O)[O-])c1OC.COc1cccc(C(=O)[O-])c1OC.[Ni+2]. The van der Waals surface area contributed by atoms with Crippen LogP contribution in [0.1, 0.15) is 20.7 Å². The minimum atomic E-state index is -1.28. The Labute approximate surface area is 166 Å². The van der Waals surface area contributed by atoms with Gasteiger partial charge in [-0.15, -0.1) is 0 Å². The van der Waals surface area contributed by atoms with Gasteiger partial charge < -0.3 is 38.7 Å². The van der Waals surface area contributed by atoms with Crippen LogP contribution in [0, 0.1) is 0 Å². The van der Waals surface area contributed by atoms with E-state index in [9.17, 15) is 19.8 Å². The summed E-state index contributed by atoms with van der Waals surface area (Å²) in [5.74, 6) is -1.44. The Morgan fingerprint density at radius 2 is 1.00 bits per heavy atom. The molecule has 0 bridgehead atoms. The average Bonchev–Trinajstić information content (AvgIpc) is 2.66. The summed E-state index contributed by atoms with van der Waals surface area (Å²) < 4.78 is 19.6. The van der Waals surface area contributed by atoms with Crippen LogP contribution in [-0.2, 0) is 16.5 Å². The number of methoxy groups -OCH3 is 4. The molecule has 0 unspecified atom stereocenters. The third-order valence-electron chi connectivity index (χ3n) is 3.25. The van der Waals surface area contributed by atoms with E-state index in [2.05, 4.69) is 0 Å². The molecule has 0 aromatic heterocycles. The van der Waals surface area contributed by atoms with Gasteiger partial charge in [0, 0.05) is 11.1 Å². The molecule has 8 nitrogen and oxygen atoms in total. The van der Waals surface area contributed by atoms with E-state index in [1.165, 1.54) is 40.6 Å². The number of hydrogen-bond donors (Lipinski definition) is 0. The molecule has 0 atom stereocenters. The summed E-state index contributed by atoms with van der Waals surface area (Å²) in [6, 6.07) is 9.16. The molecule has 0 saturated carbocycles. The Hall–Kier alpha value is -2.93. The molecular formula is C18H18NiO8. The fraction of sp³-hybridized carbons (Fsp3) is 0.222. The van der Waals surface area contributed by atoms with Gasteiger partial charge in [-0.25, -0.2) is 0 Å². The van der Waals surface area contributed by atoms with Crippen molar-refractivity contribution in [1.29, 1.82) is 0 Å². The van der Waals surface area contributed by atoms with Crippen LogP contribution in [0.2, 0.25) is 0 Å². The van der Waals surface area contributed by atoms with E-state index < -0.39 is 11.9 Å². The number of benzene rings is 2. The van der Waals surface area contributed by atoms with Crippen LogP contribution < -0.4 is 29.2 Å². The van der Waals surface area contributed by atoms with Crippen LogP contribution in [0.25, 0.3) is 0 Å². The topological polar surface area (TPSA) is 117 Å². The molecule has 0 fully saturated rings. The molecule has 2 aromatic carbocycles. The molecule has 0 radical (unpaired) electrons. The van der Waals surface area contributed by atoms with Crippen molar-refractivity contribution in [2.24, 2.45) is 0 Å². The number of carbonyl (C=O) groups is 2. The van der Waals surface area contributed by atoms with E-state index in [-0.39, 0.29) is 39.1 Å². The van der Waals surface area contributed by atoms with Crippen molar-refractivity contribution in [2.45, 2.75) is 0 Å². The molecule has 27 heavy (non-hydrogen) atoms. The standard InChI is InChI=1S/2C9H10O4.Ni/c2*1-12-7-5-3-4-6(9(10)11)8(7)13-2;/h2*3-5H,1-2H3,(H,10,11);/q;;+2/p-2. The minimum absolute atomic E-state index is 0. The molecule has 0 amide bonds. The Kier molecular flexibility index (Phi) is 10.4. The summed E-state index contributed by atoms with van der Waals surface area (Å²) >= 11 is 0. The number of aromatic carboxylic acids is 2. The first kappa shape index (κ1) is 24.1. The van der Waals surface area contributed by atoms with Crippen LogP contribution in [-0.4, -0.2) is 40.4 Å². The molecule has 0 aliphatic rings. The van der Waals surface area contributed by atoms with E-state index in [4.69, 9.17) is 18.9 Å². The number of carboxylic acids is 2. The maximum absolute atomic E-state index is 10.6. The fourth-order valence-electron chi connectivity index (χ4n) is 2.10. The van der Waals surface area contributed by atoms with Gasteiger partial charge in [0.05, 0.1) is 40.4 Å². The number of ether oxygens (including phenoxy) is 4. The zero-order chi connectivity index (χ0) is 19.7. The fourth-order valence-corrected chi connectivity index (χ4v) is 2.10. The van der Waals surface area contributed by atoms with Crippen molar-refractivity contribution in [2.75, 3.05) is 28.4 Å². The van der Waals surface area contributed by atoms with Crippen LogP contribution in [0.15, 0.2) is 36.4 Å². The zero-order valence-electron chi connectivity index (χ0n) is 15.0. The second-order valence-electron chi connectivity index (χ2n) is 4.66. The number of carboxylic acid groups (broad SMARTS) is 2. The molecule has 2 aromatic rings. The monoisotopic (exact) mass is 420 g/mol. The van der Waals surface area contributed by atoms with E-state index in [0.29, 0.717) is 11.5 Å². The van der Waals surface area contributed by atoms with Gasteiger partial charge in [0.2, 0.25) is 0 Å². The van der Waals surface area contributed by atoms with Gasteiger partial charge >= 0.3 is 16.5 Å². The third-order valence-corrected chi connectivity index (χ3v) is 3.25. The van der Waals surface area contributed by atoms with E-state index >= 15 is 0 Å². The number of para-hydroxylation sites is 2. The molecule has 0 N–H and O–H groups in total. The smallest absolute Gasteiger partial charge is 0.545 e. The predicted molar refractivity (Wildman–Crippen MR) is 87.8 cm³/mol. The molecule has 9 heteroatoms. The third kappa shape index (κ3) is 6.07. The van der Waals surface area contributed by atoms with Crippen molar-refractivity contribution in [3.63, 3.8) is 0 Å². The molecular weight excluding hydrogens is 403 g/mol. The largest absolute Gasteiger partial charge is 2.00 e. The summed E-state index contributed by atoms with van der Waals surface area (Å²) in [7, 11) is 5.64. The first-order valence-electron chi connectivity index (χ1n) is 7.25. The minimum Gasteiger partial charge on any atom is -0.545 e. The van der Waals surface area contributed by atoms with Crippen molar-refractivity contribution in [3.05, 3.63) is 47.5 Å². The van der Waals surface area contributed by atoms with Crippen LogP contribution in [0.5, 0.6) is 23.0 Å². The quantitative estimate of drug-likeness (QED) is 0.605. The molecule has 0 aliphatic carbocycles. The normalized spacial score (nSPS) is 9.04. The molecule has 0 spiro atoms. The summed E-state index contributed by atoms with van der Waals surface area (Å²) in [6.07, 6.45) is 0. The van der Waals surface area contributed by atoms with E-state index in [0.717, 1.165) is 0 Å². The maximum Gasteiger partial charge on any atom is 2.00 e. The molecule has 0 heterocycles. The molecule has 0 aliphatic heterocycles. The van der Waals surface area contributed by atoms with Gasteiger partial charge in [-0.1, -0.05) is 12.1 Å². The first-order valence-corrected chi connectivity index (χ1v) is 7.25. The summed E-state index contributed by atoms with van der Waals surface area (Å²) in [6.45, 7) is 0. The molecule has 0 saturated heterocycles. The molecule has 148 valence electrons. The Balaban J connectivity index is 0.000000483. The van der Waals surface area contributed by atoms with Crippen molar-refractivity contribution in [3.8, 4) is 23.0 Å². The predicted octanol–water partition coefficient (Wildman–Crippen LogP) is 0.132. The van der Waals surface area contributed by atoms with Crippen molar-refractivity contribution in [1.82, 2.24) is 0 Å². The van der Waals surface area contributed by atoms with Crippen LogP contribution >= 0.6 is 0 Å². The van der Waals surface area contributed by atoms with Gasteiger partial charge in [-0.2, -0.15) is 0 Å². The van der Waals surface area contributed by atoms with Crippen LogP contribution in [0.3, 0.4) is 0 Å². The molecule has 2 rings (SSSR count). The van der Waals surface area contributed by atoms with Crippen molar-refractivity contribution < 1.29 is 55.2 Å². The zero-order valence-corrected chi connectivity index (χ0v) is 16.0. The Bertz CT molecular complexity index is 710. The summed E-state index contributed by atoms with van der Waals surface area (Å²) in [5.41, 5.74) is -0.0244. The van der Waals surface area contributed by atoms with Gasteiger partial charge in [0.15, 0.2) is 23.0 Å². The van der Waals surface area contributed by atoms with Gasteiger partial charge in [-0.3, -0.25) is 0 Å². The van der Waals surface area contributed by atoms with Gasteiger partial charge in [-0.05, 0) is 24.3 Å². The van der Waals surface area contributed by atoms with Gasteiger partial charge in [0.1, 0.15) is 0 Å². The Morgan fingerprint density at radius 1 is 0.667 bits per heavy atom. The summed E-state index contributed by atoms with van der Waals surface area (Å²) in [5, 5.41) is 21.2. The van der Waals surface area contributed by atoms with E-state index in [1.54, 1.807) is 24.3 Å². The first-order chi connectivity index (χ1) is 12.4. The number of hydrogen-bond acceptors (Lipinski definition) is 8. The van der Waals surface area contributed by atoms with Gasteiger partial charge in [0.25, 0.3) is 0 Å². The van der Waals surface area contributed by atoms with E-state index in [1.807, 2.05) is 0 Å². The Morgan fingerprint density at radius 3 is 1.22 bits per heavy atom. The maximum atomic E-state index is 10.6. The number of carbonyl (C=O) groups excluding carboxylic acids is 2.